The highest BCUT2D eigenvalue weighted by molar-refractivity contribution is 8.03. The third-order valence-electron chi connectivity index (χ3n) is 4.91. The number of allylic oxidation sites excluding steroid dienone is 1. The summed E-state index contributed by atoms with van der Waals surface area (Å²) in [7, 11) is 0. The Labute approximate surface area is 138 Å². The van der Waals surface area contributed by atoms with Crippen LogP contribution in [-0.4, -0.2) is 9.08 Å². The van der Waals surface area contributed by atoms with E-state index < -0.39 is 4.87 Å². The molecule has 1 saturated heterocycles. The highest BCUT2D eigenvalue weighted by atomic mass is 35.5. The molecule has 2 bridgehead atoms. The minimum absolute atomic E-state index is 0.266. The van der Waals surface area contributed by atoms with Gasteiger partial charge in [-0.3, -0.25) is 0 Å². The van der Waals surface area contributed by atoms with E-state index in [2.05, 4.69) is 60.7 Å². The fourth-order valence-corrected chi connectivity index (χ4v) is 7.32. The summed E-state index contributed by atoms with van der Waals surface area (Å²) < 4.78 is -0.648. The van der Waals surface area contributed by atoms with Gasteiger partial charge in [-0.2, -0.15) is 0 Å². The van der Waals surface area contributed by atoms with Crippen molar-refractivity contribution < 1.29 is 0 Å². The van der Waals surface area contributed by atoms with E-state index in [1.165, 1.54) is 22.3 Å². The molecule has 3 heteroatoms. The van der Waals surface area contributed by atoms with Crippen molar-refractivity contribution >= 4 is 35.0 Å². The van der Waals surface area contributed by atoms with Crippen LogP contribution in [0.15, 0.2) is 60.7 Å². The average Bonchev–Trinajstić information content (AvgIpc) is 3.04. The number of benzene rings is 2. The summed E-state index contributed by atoms with van der Waals surface area (Å²) >= 11 is 15.7. The second-order valence-electron chi connectivity index (χ2n) is 6.03. The normalized spacial score (nSPS) is 33.4. The largest absolute Gasteiger partial charge is 0.116 e. The van der Waals surface area contributed by atoms with Gasteiger partial charge >= 0.3 is 0 Å². The predicted octanol–water partition coefficient (Wildman–Crippen LogP) is 5.53. The Hall–Kier alpha value is -0.890. The summed E-state index contributed by atoms with van der Waals surface area (Å²) in [6, 6.07) is 17.2. The Morgan fingerprint density at radius 3 is 1.86 bits per heavy atom. The van der Waals surface area contributed by atoms with Crippen molar-refractivity contribution in [3.8, 4) is 11.1 Å². The summed E-state index contributed by atoms with van der Waals surface area (Å²) in [6.45, 7) is 0. The fraction of sp³-hybridized carbons (Fsp3) is 0.222. The number of rotatable bonds is 0. The van der Waals surface area contributed by atoms with Crippen LogP contribution in [-0.2, 0) is 4.75 Å². The van der Waals surface area contributed by atoms with Crippen LogP contribution in [0.25, 0.3) is 11.1 Å². The van der Waals surface area contributed by atoms with Gasteiger partial charge in [0.15, 0.2) is 0 Å². The predicted molar refractivity (Wildman–Crippen MR) is 91.2 cm³/mol. The van der Waals surface area contributed by atoms with Gasteiger partial charge in [-0.25, -0.2) is 0 Å². The highest BCUT2D eigenvalue weighted by Crippen LogP contribution is 2.75. The lowest BCUT2D eigenvalue weighted by atomic mass is 9.82. The van der Waals surface area contributed by atoms with Gasteiger partial charge in [-0.1, -0.05) is 60.7 Å². The van der Waals surface area contributed by atoms with E-state index in [0.29, 0.717) is 0 Å². The molecule has 0 radical (unpaired) electrons. The molecule has 1 spiro atoms. The molecule has 3 aliphatic rings. The maximum absolute atomic E-state index is 7.11. The van der Waals surface area contributed by atoms with E-state index in [9.17, 15) is 0 Å². The Morgan fingerprint density at radius 1 is 0.810 bits per heavy atom. The molecule has 0 nitrogen and oxygen atoms in total. The van der Waals surface area contributed by atoms with Gasteiger partial charge < -0.3 is 0 Å². The van der Waals surface area contributed by atoms with Crippen molar-refractivity contribution in [2.24, 2.45) is 0 Å². The first-order chi connectivity index (χ1) is 10.1. The SMILES string of the molecule is Cl[C@]12C=C[C@](Cl)(C1)C1(S2)c2ccccc2-c2ccccc21. The van der Waals surface area contributed by atoms with Crippen LogP contribution in [0.5, 0.6) is 0 Å². The minimum atomic E-state index is -0.442. The second-order valence-corrected chi connectivity index (χ2v) is 9.15. The number of hydrogen-bond donors (Lipinski definition) is 0. The first kappa shape index (κ1) is 12.6. The zero-order valence-corrected chi connectivity index (χ0v) is 13.5. The molecule has 0 saturated carbocycles. The summed E-state index contributed by atoms with van der Waals surface area (Å²) in [5.41, 5.74) is 5.19. The standard InChI is InChI=1S/C18H12Cl2S/c19-16-9-10-17(20,11-16)21-18(16)14-7-3-1-5-12(14)13-6-2-4-8-15(13)18/h1-10H,11H2/t16-,17-/m0/s1. The maximum Gasteiger partial charge on any atom is 0.111 e. The smallest absolute Gasteiger partial charge is 0.111 e. The molecule has 2 aromatic carbocycles. The molecule has 1 fully saturated rings. The number of hydrogen-bond acceptors (Lipinski definition) is 1. The van der Waals surface area contributed by atoms with Crippen LogP contribution in [0.2, 0.25) is 0 Å². The van der Waals surface area contributed by atoms with Crippen molar-refractivity contribution in [2.45, 2.75) is 20.2 Å². The van der Waals surface area contributed by atoms with Gasteiger partial charge in [0.2, 0.25) is 0 Å². The molecule has 0 amide bonds. The Kier molecular flexibility index (Phi) is 2.23. The lowest BCUT2D eigenvalue weighted by Gasteiger charge is -2.39. The van der Waals surface area contributed by atoms with Crippen LogP contribution in [0, 0.1) is 0 Å². The molecule has 1 aliphatic heterocycles. The summed E-state index contributed by atoms with van der Waals surface area (Å²) in [6.07, 6.45) is 4.97. The molecular weight excluding hydrogens is 319 g/mol. The van der Waals surface area contributed by atoms with Crippen molar-refractivity contribution in [2.75, 3.05) is 0 Å². The lowest BCUT2D eigenvalue weighted by molar-refractivity contribution is 0.592. The van der Waals surface area contributed by atoms with Crippen molar-refractivity contribution in [3.63, 3.8) is 0 Å². The molecule has 5 rings (SSSR count). The third kappa shape index (κ3) is 1.32. The summed E-state index contributed by atoms with van der Waals surface area (Å²) in [5.74, 6) is 0. The van der Waals surface area contributed by atoms with Crippen LogP contribution in [0.1, 0.15) is 17.5 Å². The van der Waals surface area contributed by atoms with Crippen LogP contribution in [0.4, 0.5) is 0 Å². The number of alkyl halides is 2. The van der Waals surface area contributed by atoms with Crippen molar-refractivity contribution in [1.29, 1.82) is 0 Å². The Bertz CT molecular complexity index is 767. The van der Waals surface area contributed by atoms with Crippen LogP contribution in [0.3, 0.4) is 0 Å². The van der Waals surface area contributed by atoms with Gasteiger partial charge in [0.1, 0.15) is 4.21 Å². The van der Waals surface area contributed by atoms with Gasteiger partial charge in [0.25, 0.3) is 0 Å². The quantitative estimate of drug-likeness (QED) is 0.452. The van der Waals surface area contributed by atoms with Gasteiger partial charge in [-0.05, 0) is 22.3 Å². The molecule has 2 aromatic rings. The highest BCUT2D eigenvalue weighted by Gasteiger charge is 2.68. The monoisotopic (exact) mass is 330 g/mol. The Balaban J connectivity index is 1.92. The molecule has 0 unspecified atom stereocenters. The van der Waals surface area contributed by atoms with E-state index in [1.807, 2.05) is 0 Å². The molecule has 2 atom stereocenters. The van der Waals surface area contributed by atoms with Crippen LogP contribution < -0.4 is 0 Å². The van der Waals surface area contributed by atoms with Crippen molar-refractivity contribution in [3.05, 3.63) is 71.8 Å². The molecule has 21 heavy (non-hydrogen) atoms. The second kappa shape index (κ2) is 3.71. The molecule has 2 aliphatic carbocycles. The first-order valence-electron chi connectivity index (χ1n) is 7.06. The number of halogens is 2. The molecular formula is C18H12Cl2S. The van der Waals surface area contributed by atoms with Gasteiger partial charge in [-0.15, -0.1) is 35.0 Å². The minimum Gasteiger partial charge on any atom is -0.116 e. The molecule has 0 aromatic heterocycles. The molecule has 104 valence electrons. The van der Waals surface area contributed by atoms with E-state index >= 15 is 0 Å². The number of fused-ring (bicyclic) bond motifs is 8. The molecule has 0 N–H and O–H groups in total. The van der Waals surface area contributed by atoms with E-state index in [4.69, 9.17) is 23.2 Å². The van der Waals surface area contributed by atoms with Gasteiger partial charge in [0, 0.05) is 6.42 Å². The zero-order chi connectivity index (χ0) is 14.3. The van der Waals surface area contributed by atoms with Crippen LogP contribution >= 0.6 is 35.0 Å². The lowest BCUT2D eigenvalue weighted by Crippen LogP contribution is -2.39. The fourth-order valence-electron chi connectivity index (χ4n) is 4.13. The number of thioether (sulfide) groups is 1. The van der Waals surface area contributed by atoms with E-state index in [0.717, 1.165) is 6.42 Å². The van der Waals surface area contributed by atoms with Crippen molar-refractivity contribution in [1.82, 2.24) is 0 Å². The average molecular weight is 331 g/mol. The van der Waals surface area contributed by atoms with E-state index in [-0.39, 0.29) is 8.95 Å². The third-order valence-corrected chi connectivity index (χ3v) is 7.78. The topological polar surface area (TPSA) is 0 Å². The summed E-state index contributed by atoms with van der Waals surface area (Å²) in [5, 5.41) is 0. The molecule has 1 heterocycles. The Morgan fingerprint density at radius 2 is 1.38 bits per heavy atom. The maximum atomic E-state index is 7.11. The van der Waals surface area contributed by atoms with E-state index in [1.54, 1.807) is 11.8 Å². The van der Waals surface area contributed by atoms with Gasteiger partial charge in [0.05, 0.1) is 9.62 Å². The zero-order valence-electron chi connectivity index (χ0n) is 11.1. The first-order valence-corrected chi connectivity index (χ1v) is 8.63. The summed E-state index contributed by atoms with van der Waals surface area (Å²) in [4.78, 5) is -0.442.